The molecule has 5 atom stereocenters. The maximum Gasteiger partial charge on any atom is 0.308 e. The fourth-order valence-corrected chi connectivity index (χ4v) is 3.16. The van der Waals surface area contributed by atoms with Gasteiger partial charge in [0.2, 0.25) is 0 Å². The van der Waals surface area contributed by atoms with Crippen molar-refractivity contribution in [3.8, 4) is 0 Å². The van der Waals surface area contributed by atoms with E-state index in [0.29, 0.717) is 6.42 Å². The van der Waals surface area contributed by atoms with Gasteiger partial charge >= 0.3 is 5.97 Å². The second kappa shape index (κ2) is 7.49. The molecule has 2 aliphatic heterocycles. The van der Waals surface area contributed by atoms with Gasteiger partial charge in [0.25, 0.3) is 0 Å². The Bertz CT molecular complexity index is 478. The lowest BCUT2D eigenvalue weighted by atomic mass is 9.95. The van der Waals surface area contributed by atoms with Crippen LogP contribution in [0.2, 0.25) is 0 Å². The predicted octanol–water partition coefficient (Wildman–Crippen LogP) is 2.56. The molecule has 0 aromatic rings. The highest BCUT2D eigenvalue weighted by atomic mass is 16.8. The van der Waals surface area contributed by atoms with Crippen molar-refractivity contribution in [1.29, 1.82) is 0 Å². The van der Waals surface area contributed by atoms with E-state index in [0.717, 1.165) is 12.8 Å². The van der Waals surface area contributed by atoms with Crippen molar-refractivity contribution in [2.45, 2.75) is 70.2 Å². The summed E-state index contributed by atoms with van der Waals surface area (Å²) in [5.74, 6) is -1.09. The molecule has 8 heteroatoms. The minimum atomic E-state index is -0.734. The summed E-state index contributed by atoms with van der Waals surface area (Å²) >= 11 is 0. The monoisotopic (exact) mass is 327 g/mol. The third kappa shape index (κ3) is 4.57. The van der Waals surface area contributed by atoms with E-state index in [1.165, 1.54) is 7.11 Å². The van der Waals surface area contributed by atoms with Gasteiger partial charge in [-0.25, -0.2) is 0 Å². The zero-order valence-corrected chi connectivity index (χ0v) is 14.1. The minimum absolute atomic E-state index is 0.0540. The maximum absolute atomic E-state index is 11.8. The fourth-order valence-electron chi connectivity index (χ4n) is 3.16. The van der Waals surface area contributed by atoms with E-state index in [-0.39, 0.29) is 42.8 Å². The Labute approximate surface area is 136 Å². The average Bonchev–Trinajstić information content (AvgIpc) is 3.19. The molecule has 130 valence electrons. The average molecular weight is 327 g/mol. The number of nitrogens with zero attached hydrogens (tertiary/aromatic N) is 3. The highest BCUT2D eigenvalue weighted by Gasteiger charge is 2.55. The fraction of sp³-hybridized carbons (Fsp3) is 0.933. The number of hydrogen-bond acceptors (Lipinski definition) is 6. The Balaban J connectivity index is 1.95. The lowest BCUT2D eigenvalue weighted by Gasteiger charge is -2.16. The molecule has 2 heterocycles. The summed E-state index contributed by atoms with van der Waals surface area (Å²) in [5.41, 5.74) is 8.49. The minimum Gasteiger partial charge on any atom is -0.469 e. The van der Waals surface area contributed by atoms with Crippen LogP contribution in [0.15, 0.2) is 5.11 Å². The molecule has 0 aromatic heterocycles. The summed E-state index contributed by atoms with van der Waals surface area (Å²) in [7, 11) is 1.41. The normalized spacial score (nSPS) is 32.9. The number of hydrogen-bond donors (Lipinski definition) is 0. The van der Waals surface area contributed by atoms with Gasteiger partial charge in [-0.15, -0.1) is 0 Å². The molecule has 0 spiro atoms. The molecule has 0 amide bonds. The van der Waals surface area contributed by atoms with E-state index >= 15 is 0 Å². The smallest absolute Gasteiger partial charge is 0.308 e. The molecule has 0 radical (unpaired) electrons. The first kappa shape index (κ1) is 18.0. The third-order valence-electron chi connectivity index (χ3n) is 4.18. The zero-order chi connectivity index (χ0) is 17.0. The summed E-state index contributed by atoms with van der Waals surface area (Å²) < 4.78 is 22.3. The number of esters is 1. The van der Waals surface area contributed by atoms with Gasteiger partial charge in [0.1, 0.15) is 12.2 Å². The Morgan fingerprint density at radius 1 is 1.35 bits per heavy atom. The van der Waals surface area contributed by atoms with Crippen LogP contribution in [0, 0.1) is 5.92 Å². The van der Waals surface area contributed by atoms with Gasteiger partial charge in [0.05, 0.1) is 31.8 Å². The van der Waals surface area contributed by atoms with Crippen LogP contribution in [0.5, 0.6) is 0 Å². The lowest BCUT2D eigenvalue weighted by molar-refractivity contribution is -0.147. The summed E-state index contributed by atoms with van der Waals surface area (Å²) in [4.78, 5) is 14.6. The Morgan fingerprint density at radius 2 is 2.09 bits per heavy atom. The Morgan fingerprint density at radius 3 is 2.70 bits per heavy atom. The van der Waals surface area contributed by atoms with Crippen molar-refractivity contribution in [2.24, 2.45) is 11.0 Å². The van der Waals surface area contributed by atoms with Gasteiger partial charge < -0.3 is 18.9 Å². The second-order valence-electron chi connectivity index (χ2n) is 6.44. The standard InChI is InChI=1S/C15H25N3O5/c1-5-6-9(14(19)20-4)7-10-12(21-10)13-11(8-17-18-16)22-15(2,3)23-13/h9-13H,5-8H2,1-4H3. The van der Waals surface area contributed by atoms with Crippen LogP contribution in [-0.4, -0.2) is 49.8 Å². The first-order chi connectivity index (χ1) is 10.9. The molecule has 2 fully saturated rings. The molecular weight excluding hydrogens is 302 g/mol. The summed E-state index contributed by atoms with van der Waals surface area (Å²) in [5, 5.41) is 3.58. The Kier molecular flexibility index (Phi) is 5.86. The van der Waals surface area contributed by atoms with Crippen molar-refractivity contribution >= 4 is 5.97 Å². The van der Waals surface area contributed by atoms with Crippen LogP contribution in [0.4, 0.5) is 0 Å². The highest BCUT2D eigenvalue weighted by Crippen LogP contribution is 2.41. The molecule has 2 aliphatic rings. The first-order valence-electron chi connectivity index (χ1n) is 8.01. The molecule has 2 rings (SSSR count). The number of ether oxygens (including phenoxy) is 4. The van der Waals surface area contributed by atoms with E-state index in [1.54, 1.807) is 0 Å². The van der Waals surface area contributed by atoms with Gasteiger partial charge in [-0.1, -0.05) is 18.5 Å². The van der Waals surface area contributed by atoms with Crippen molar-refractivity contribution in [1.82, 2.24) is 0 Å². The van der Waals surface area contributed by atoms with Crippen molar-refractivity contribution in [2.75, 3.05) is 13.7 Å². The van der Waals surface area contributed by atoms with E-state index in [2.05, 4.69) is 10.0 Å². The van der Waals surface area contributed by atoms with Crippen LogP contribution in [0.1, 0.15) is 40.0 Å². The van der Waals surface area contributed by atoms with Crippen molar-refractivity contribution < 1.29 is 23.7 Å². The SMILES string of the molecule is CCCC(CC1OC1C1OC(C)(C)OC1CN=[N+]=[N-])C(=O)OC. The first-order valence-corrected chi connectivity index (χ1v) is 8.01. The largest absolute Gasteiger partial charge is 0.469 e. The Hall–Kier alpha value is -1.34. The molecule has 0 aromatic carbocycles. The van der Waals surface area contributed by atoms with E-state index in [1.807, 2.05) is 20.8 Å². The second-order valence-corrected chi connectivity index (χ2v) is 6.44. The van der Waals surface area contributed by atoms with Crippen LogP contribution in [0.3, 0.4) is 0 Å². The molecule has 5 unspecified atom stereocenters. The topological polar surface area (TPSA) is 106 Å². The quantitative estimate of drug-likeness (QED) is 0.224. The molecule has 23 heavy (non-hydrogen) atoms. The van der Waals surface area contributed by atoms with Crippen LogP contribution in [-0.2, 0) is 23.7 Å². The summed E-state index contributed by atoms with van der Waals surface area (Å²) in [6.45, 7) is 5.88. The van der Waals surface area contributed by atoms with E-state index in [9.17, 15) is 4.79 Å². The summed E-state index contributed by atoms with van der Waals surface area (Å²) in [6, 6.07) is 0. The van der Waals surface area contributed by atoms with Gasteiger partial charge in [0, 0.05) is 4.91 Å². The number of azide groups is 1. The van der Waals surface area contributed by atoms with Crippen LogP contribution >= 0.6 is 0 Å². The number of rotatable bonds is 8. The summed E-state index contributed by atoms with van der Waals surface area (Å²) in [6.07, 6.45) is 1.47. The van der Waals surface area contributed by atoms with Gasteiger partial charge in [-0.05, 0) is 32.2 Å². The van der Waals surface area contributed by atoms with E-state index < -0.39 is 5.79 Å². The molecule has 8 nitrogen and oxygen atoms in total. The zero-order valence-electron chi connectivity index (χ0n) is 14.1. The van der Waals surface area contributed by atoms with Gasteiger partial charge in [0.15, 0.2) is 5.79 Å². The van der Waals surface area contributed by atoms with Crippen LogP contribution < -0.4 is 0 Å². The van der Waals surface area contributed by atoms with Gasteiger partial charge in [-0.3, -0.25) is 4.79 Å². The number of carbonyl (C=O) groups is 1. The number of epoxide rings is 1. The molecular formula is C15H25N3O5. The molecule has 0 aliphatic carbocycles. The molecule has 0 saturated carbocycles. The predicted molar refractivity (Wildman–Crippen MR) is 81.5 cm³/mol. The van der Waals surface area contributed by atoms with E-state index in [4.69, 9.17) is 24.5 Å². The maximum atomic E-state index is 11.8. The lowest BCUT2D eigenvalue weighted by Crippen LogP contribution is -2.32. The highest BCUT2D eigenvalue weighted by molar-refractivity contribution is 5.72. The van der Waals surface area contributed by atoms with Crippen molar-refractivity contribution in [3.05, 3.63) is 10.4 Å². The number of carbonyl (C=O) groups excluding carboxylic acids is 1. The third-order valence-corrected chi connectivity index (χ3v) is 4.18. The molecule has 0 N–H and O–H groups in total. The van der Waals surface area contributed by atoms with Crippen molar-refractivity contribution in [3.63, 3.8) is 0 Å². The number of methoxy groups -OCH3 is 1. The van der Waals surface area contributed by atoms with Gasteiger partial charge in [-0.2, -0.15) is 0 Å². The molecule has 2 saturated heterocycles. The van der Waals surface area contributed by atoms with Crippen LogP contribution in [0.25, 0.3) is 10.4 Å². The molecule has 0 bridgehead atoms.